The zero-order valence-electron chi connectivity index (χ0n) is 9.99. The number of rotatable bonds is 5. The first-order valence-corrected chi connectivity index (χ1v) is 6.44. The second-order valence-corrected chi connectivity index (χ2v) is 4.15. The maximum Gasteiger partial charge on any atom is 0.0783 e. The summed E-state index contributed by atoms with van der Waals surface area (Å²) < 4.78 is 35.3. The van der Waals surface area contributed by atoms with Crippen LogP contribution in [0.2, 0.25) is 0 Å². The minimum absolute atomic E-state index is 1.29. The Morgan fingerprint density at radius 1 is 0.800 bits per heavy atom. The summed E-state index contributed by atoms with van der Waals surface area (Å²) in [6, 6.07) is 0. The van der Waals surface area contributed by atoms with Crippen LogP contribution in [-0.2, 0) is 0 Å². The van der Waals surface area contributed by atoms with Crippen LogP contribution in [0.5, 0.6) is 0 Å². The monoisotopic (exact) mass is 243 g/mol. The molecular formula is C9H22ClNO4. The molecule has 0 aromatic rings. The normalized spacial score (nSPS) is 12.0. The smallest absolute Gasteiger partial charge is 0.0783 e. The van der Waals surface area contributed by atoms with Gasteiger partial charge in [0.05, 0.1) is 26.2 Å². The predicted molar refractivity (Wildman–Crippen MR) is 47.0 cm³/mol. The molecule has 0 heterocycles. The van der Waals surface area contributed by atoms with Gasteiger partial charge in [-0.2, -0.15) is 0 Å². The van der Waals surface area contributed by atoms with Gasteiger partial charge in [-0.1, -0.05) is 6.92 Å². The highest BCUT2D eigenvalue weighted by Gasteiger charge is 2.17. The summed E-state index contributed by atoms with van der Waals surface area (Å²) in [5.41, 5.74) is 0. The van der Waals surface area contributed by atoms with Crippen LogP contribution in [0.15, 0.2) is 0 Å². The molecule has 0 spiro atoms. The number of hydrogen-bond donors (Lipinski definition) is 0. The van der Waals surface area contributed by atoms with E-state index in [0.717, 1.165) is 0 Å². The zero-order chi connectivity index (χ0) is 12.5. The molecule has 0 bridgehead atoms. The van der Waals surface area contributed by atoms with Crippen molar-refractivity contribution in [2.24, 2.45) is 0 Å². The third-order valence-corrected chi connectivity index (χ3v) is 2.71. The van der Waals surface area contributed by atoms with E-state index in [9.17, 15) is 0 Å². The molecule has 0 aliphatic heterocycles. The van der Waals surface area contributed by atoms with E-state index < -0.39 is 10.2 Å². The average Bonchev–Trinajstić information content (AvgIpc) is 2.12. The maximum absolute atomic E-state index is 8.49. The lowest BCUT2D eigenvalue weighted by Gasteiger charge is -2.35. The highest BCUT2D eigenvalue weighted by Crippen LogP contribution is 2.06. The quantitative estimate of drug-likeness (QED) is 0.500. The molecule has 0 N–H and O–H groups in total. The average molecular weight is 244 g/mol. The summed E-state index contributed by atoms with van der Waals surface area (Å²) in [7, 11) is -4.94. The van der Waals surface area contributed by atoms with Gasteiger partial charge in [-0.25, -0.2) is 18.6 Å². The minimum Gasteiger partial charge on any atom is -0.324 e. The zero-order valence-corrected chi connectivity index (χ0v) is 10.7. The van der Waals surface area contributed by atoms with Crippen LogP contribution in [0.1, 0.15) is 34.1 Å². The van der Waals surface area contributed by atoms with Crippen LogP contribution < -0.4 is 18.6 Å². The second-order valence-electron chi connectivity index (χ2n) is 3.39. The topological polar surface area (TPSA) is 92.2 Å². The molecule has 0 radical (unpaired) electrons. The van der Waals surface area contributed by atoms with Gasteiger partial charge in [0, 0.05) is 0 Å². The number of halogens is 1. The SMILES string of the molecule is CCC[N+](CC)(CC)CC.[O-][Cl+3]([O-])([O-])[O-]. The van der Waals surface area contributed by atoms with Crippen molar-refractivity contribution in [2.75, 3.05) is 26.2 Å². The summed E-state index contributed by atoms with van der Waals surface area (Å²) in [5, 5.41) is 0. The molecule has 0 rings (SSSR count). The van der Waals surface area contributed by atoms with Crippen LogP contribution in [0.4, 0.5) is 0 Å². The fourth-order valence-electron chi connectivity index (χ4n) is 1.62. The van der Waals surface area contributed by atoms with Crippen molar-refractivity contribution in [3.63, 3.8) is 0 Å². The Morgan fingerprint density at radius 2 is 1.07 bits per heavy atom. The van der Waals surface area contributed by atoms with Crippen molar-refractivity contribution in [1.82, 2.24) is 0 Å². The van der Waals surface area contributed by atoms with E-state index >= 15 is 0 Å². The minimum atomic E-state index is -4.94. The molecule has 0 aromatic carbocycles. The fourth-order valence-corrected chi connectivity index (χ4v) is 1.62. The molecule has 0 aromatic heterocycles. The van der Waals surface area contributed by atoms with Gasteiger partial charge < -0.3 is 4.48 Å². The van der Waals surface area contributed by atoms with Gasteiger partial charge in [-0.15, -0.1) is 10.2 Å². The maximum atomic E-state index is 8.49. The van der Waals surface area contributed by atoms with Gasteiger partial charge in [0.2, 0.25) is 0 Å². The van der Waals surface area contributed by atoms with Gasteiger partial charge in [0.1, 0.15) is 0 Å². The number of nitrogens with zero attached hydrogens (tertiary/aromatic N) is 1. The van der Waals surface area contributed by atoms with E-state index in [0.29, 0.717) is 0 Å². The standard InChI is InChI=1S/C9H22N.ClHO4/c1-5-9-10(6-2,7-3)8-4;2-1(3,4)5/h5-9H2,1-4H3;(H,2,3,4,5)/q+1;/p-1. The van der Waals surface area contributed by atoms with Crippen molar-refractivity contribution in [3.8, 4) is 0 Å². The Kier molecular flexibility index (Phi) is 9.63. The van der Waals surface area contributed by atoms with Crippen LogP contribution >= 0.6 is 0 Å². The Labute approximate surface area is 94.3 Å². The Balaban J connectivity index is 0. The number of hydrogen-bond acceptors (Lipinski definition) is 4. The van der Waals surface area contributed by atoms with E-state index in [1.807, 2.05) is 0 Å². The Hall–Kier alpha value is 0.0900. The van der Waals surface area contributed by atoms with E-state index in [1.54, 1.807) is 0 Å². The van der Waals surface area contributed by atoms with Crippen molar-refractivity contribution in [3.05, 3.63) is 0 Å². The molecule has 0 saturated heterocycles. The van der Waals surface area contributed by atoms with Gasteiger partial charge in [-0.05, 0) is 27.2 Å². The first kappa shape index (κ1) is 17.5. The third-order valence-electron chi connectivity index (χ3n) is 2.71. The summed E-state index contributed by atoms with van der Waals surface area (Å²) in [6.45, 7) is 14.4. The summed E-state index contributed by atoms with van der Waals surface area (Å²) in [4.78, 5) is 0. The van der Waals surface area contributed by atoms with Crippen molar-refractivity contribution >= 4 is 0 Å². The van der Waals surface area contributed by atoms with Crippen molar-refractivity contribution < 1.29 is 33.4 Å². The third kappa shape index (κ3) is 12.0. The molecule has 15 heavy (non-hydrogen) atoms. The molecule has 0 unspecified atom stereocenters. The molecule has 0 saturated carbocycles. The Morgan fingerprint density at radius 3 is 1.13 bits per heavy atom. The van der Waals surface area contributed by atoms with Crippen molar-refractivity contribution in [2.45, 2.75) is 34.1 Å². The summed E-state index contributed by atoms with van der Waals surface area (Å²) in [6.07, 6.45) is 1.32. The van der Waals surface area contributed by atoms with Gasteiger partial charge in [-0.3, -0.25) is 0 Å². The molecule has 0 atom stereocenters. The second kappa shape index (κ2) is 8.27. The summed E-state index contributed by atoms with van der Waals surface area (Å²) >= 11 is 0. The van der Waals surface area contributed by atoms with E-state index in [-0.39, 0.29) is 0 Å². The van der Waals surface area contributed by atoms with Crippen LogP contribution in [-0.4, -0.2) is 30.7 Å². The van der Waals surface area contributed by atoms with Crippen LogP contribution in [0.3, 0.4) is 0 Å². The van der Waals surface area contributed by atoms with Crippen LogP contribution in [0, 0.1) is 10.2 Å². The molecule has 0 aliphatic rings. The summed E-state index contributed by atoms with van der Waals surface area (Å²) in [5.74, 6) is 0. The first-order valence-electron chi connectivity index (χ1n) is 5.21. The fraction of sp³-hybridized carbons (Fsp3) is 1.00. The molecule has 0 aliphatic carbocycles. The van der Waals surface area contributed by atoms with Gasteiger partial charge in [0.15, 0.2) is 0 Å². The molecule has 0 fully saturated rings. The molecule has 0 amide bonds. The predicted octanol–water partition coefficient (Wildman–Crippen LogP) is -2.48. The molecule has 5 nitrogen and oxygen atoms in total. The van der Waals surface area contributed by atoms with Gasteiger partial charge in [0.25, 0.3) is 0 Å². The number of quaternary nitrogens is 1. The van der Waals surface area contributed by atoms with Crippen molar-refractivity contribution in [1.29, 1.82) is 0 Å². The lowest BCUT2D eigenvalue weighted by molar-refractivity contribution is -2.00. The van der Waals surface area contributed by atoms with E-state index in [2.05, 4.69) is 27.7 Å². The van der Waals surface area contributed by atoms with E-state index in [1.165, 1.54) is 37.1 Å². The molecular weight excluding hydrogens is 222 g/mol. The Bertz CT molecular complexity index is 131. The lowest BCUT2D eigenvalue weighted by Crippen LogP contribution is -2.68. The van der Waals surface area contributed by atoms with Gasteiger partial charge >= 0.3 is 0 Å². The molecule has 94 valence electrons. The highest BCUT2D eigenvalue weighted by atomic mass is 35.7. The largest absolute Gasteiger partial charge is 0.324 e. The van der Waals surface area contributed by atoms with Crippen LogP contribution in [0.25, 0.3) is 0 Å². The molecule has 6 heteroatoms. The highest BCUT2D eigenvalue weighted by molar-refractivity contribution is 4.35. The first-order chi connectivity index (χ1) is 6.74. The lowest BCUT2D eigenvalue weighted by atomic mass is 10.3. The van der Waals surface area contributed by atoms with E-state index in [4.69, 9.17) is 18.6 Å².